The Labute approximate surface area is 170 Å². The highest BCUT2D eigenvalue weighted by atomic mass is 32.1. The minimum Gasteiger partial charge on any atom is -0.493 e. The average molecular weight is 405 g/mol. The van der Waals surface area contributed by atoms with E-state index in [4.69, 9.17) is 14.2 Å². The SMILES string of the molecule is COc1cc(CCC(=O)N2CCN(Cc3cccs3)CC2)cc(OC)c1OC. The van der Waals surface area contributed by atoms with E-state index in [1.807, 2.05) is 17.0 Å². The lowest BCUT2D eigenvalue weighted by atomic mass is 10.1. The molecule has 1 amide bonds. The molecule has 1 fully saturated rings. The molecule has 1 aromatic heterocycles. The molecule has 0 spiro atoms. The van der Waals surface area contributed by atoms with Gasteiger partial charge < -0.3 is 19.1 Å². The van der Waals surface area contributed by atoms with Crippen LogP contribution in [0.4, 0.5) is 0 Å². The highest BCUT2D eigenvalue weighted by Crippen LogP contribution is 2.38. The Bertz CT molecular complexity index is 746. The zero-order valence-corrected chi connectivity index (χ0v) is 17.6. The molecule has 2 heterocycles. The molecular weight excluding hydrogens is 376 g/mol. The number of amides is 1. The van der Waals surface area contributed by atoms with Crippen LogP contribution in [0.2, 0.25) is 0 Å². The summed E-state index contributed by atoms with van der Waals surface area (Å²) < 4.78 is 16.1. The normalized spacial score (nSPS) is 14.8. The van der Waals surface area contributed by atoms with Gasteiger partial charge in [0.25, 0.3) is 0 Å². The molecule has 0 aliphatic carbocycles. The number of carbonyl (C=O) groups excluding carboxylic acids is 1. The second kappa shape index (κ2) is 9.80. The van der Waals surface area contributed by atoms with Crippen molar-refractivity contribution in [2.24, 2.45) is 0 Å². The summed E-state index contributed by atoms with van der Waals surface area (Å²) in [6.07, 6.45) is 1.12. The van der Waals surface area contributed by atoms with Crippen molar-refractivity contribution in [2.45, 2.75) is 19.4 Å². The van der Waals surface area contributed by atoms with Gasteiger partial charge in [-0.2, -0.15) is 0 Å². The average Bonchev–Trinajstić information content (AvgIpc) is 3.24. The van der Waals surface area contributed by atoms with E-state index in [9.17, 15) is 4.79 Å². The Hall–Kier alpha value is -2.25. The summed E-state index contributed by atoms with van der Waals surface area (Å²) in [5.74, 6) is 2.00. The third-order valence-electron chi connectivity index (χ3n) is 5.04. The Kier molecular flexibility index (Phi) is 7.17. The number of thiophene rings is 1. The standard InChI is InChI=1S/C21H28N2O4S/c1-25-18-13-16(14-19(26-2)21(18)27-3)6-7-20(24)23-10-8-22(9-11-23)15-17-5-4-12-28-17/h4-5,12-14H,6-11,15H2,1-3H3. The molecule has 3 rings (SSSR count). The number of ether oxygens (including phenoxy) is 3. The molecule has 0 N–H and O–H groups in total. The fourth-order valence-corrected chi connectivity index (χ4v) is 4.21. The second-order valence-corrected chi connectivity index (χ2v) is 7.80. The van der Waals surface area contributed by atoms with Crippen LogP contribution in [0.15, 0.2) is 29.6 Å². The lowest BCUT2D eigenvalue weighted by Gasteiger charge is -2.34. The Morgan fingerprint density at radius 2 is 1.71 bits per heavy atom. The number of benzene rings is 1. The maximum absolute atomic E-state index is 12.6. The monoisotopic (exact) mass is 404 g/mol. The number of piperazine rings is 1. The van der Waals surface area contributed by atoms with Gasteiger partial charge in [-0.05, 0) is 35.6 Å². The van der Waals surface area contributed by atoms with E-state index in [-0.39, 0.29) is 5.91 Å². The summed E-state index contributed by atoms with van der Waals surface area (Å²) in [7, 11) is 4.78. The summed E-state index contributed by atoms with van der Waals surface area (Å²) in [5, 5.41) is 2.11. The number of methoxy groups -OCH3 is 3. The van der Waals surface area contributed by atoms with E-state index >= 15 is 0 Å². The van der Waals surface area contributed by atoms with E-state index in [1.54, 1.807) is 32.7 Å². The first-order valence-electron chi connectivity index (χ1n) is 9.46. The van der Waals surface area contributed by atoms with E-state index in [2.05, 4.69) is 22.4 Å². The van der Waals surface area contributed by atoms with Gasteiger partial charge in [0.15, 0.2) is 11.5 Å². The van der Waals surface area contributed by atoms with E-state index < -0.39 is 0 Å². The van der Waals surface area contributed by atoms with Crippen LogP contribution in [0.3, 0.4) is 0 Å². The highest BCUT2D eigenvalue weighted by molar-refractivity contribution is 7.09. The molecule has 1 saturated heterocycles. The molecular formula is C21H28N2O4S. The van der Waals surface area contributed by atoms with Crippen LogP contribution in [0.25, 0.3) is 0 Å². The van der Waals surface area contributed by atoms with Crippen LogP contribution >= 0.6 is 11.3 Å². The molecule has 0 atom stereocenters. The fraction of sp³-hybridized carbons (Fsp3) is 0.476. The molecule has 0 unspecified atom stereocenters. The second-order valence-electron chi connectivity index (χ2n) is 6.77. The first-order chi connectivity index (χ1) is 13.6. The number of hydrogen-bond acceptors (Lipinski definition) is 6. The first-order valence-corrected chi connectivity index (χ1v) is 10.3. The molecule has 28 heavy (non-hydrogen) atoms. The van der Waals surface area contributed by atoms with E-state index in [0.29, 0.717) is 30.1 Å². The summed E-state index contributed by atoms with van der Waals surface area (Å²) >= 11 is 1.79. The molecule has 0 saturated carbocycles. The van der Waals surface area contributed by atoms with E-state index in [0.717, 1.165) is 38.3 Å². The van der Waals surface area contributed by atoms with Gasteiger partial charge in [0.2, 0.25) is 11.7 Å². The van der Waals surface area contributed by atoms with Gasteiger partial charge in [0, 0.05) is 44.0 Å². The molecule has 152 valence electrons. The molecule has 1 aliphatic heterocycles. The van der Waals surface area contributed by atoms with Gasteiger partial charge in [-0.1, -0.05) is 6.07 Å². The van der Waals surface area contributed by atoms with Crippen molar-refractivity contribution in [1.29, 1.82) is 0 Å². The number of aryl methyl sites for hydroxylation is 1. The van der Waals surface area contributed by atoms with Crippen LogP contribution in [-0.4, -0.2) is 63.2 Å². The summed E-state index contributed by atoms with van der Waals surface area (Å²) in [6.45, 7) is 4.41. The smallest absolute Gasteiger partial charge is 0.222 e. The predicted molar refractivity (Wildman–Crippen MR) is 111 cm³/mol. The molecule has 7 heteroatoms. The van der Waals surface area contributed by atoms with Gasteiger partial charge in [0.05, 0.1) is 21.3 Å². The minimum atomic E-state index is 0.199. The number of carbonyl (C=O) groups is 1. The zero-order valence-electron chi connectivity index (χ0n) is 16.8. The third kappa shape index (κ3) is 4.97. The molecule has 2 aromatic rings. The lowest BCUT2D eigenvalue weighted by Crippen LogP contribution is -2.48. The molecule has 1 aromatic carbocycles. The maximum atomic E-state index is 12.6. The summed E-state index contributed by atoms with van der Waals surface area (Å²) in [5.41, 5.74) is 0.999. The van der Waals surface area contributed by atoms with Gasteiger partial charge in [0.1, 0.15) is 0 Å². The largest absolute Gasteiger partial charge is 0.493 e. The molecule has 1 aliphatic rings. The summed E-state index contributed by atoms with van der Waals surface area (Å²) in [6, 6.07) is 8.07. The van der Waals surface area contributed by atoms with Gasteiger partial charge in [-0.3, -0.25) is 9.69 Å². The van der Waals surface area contributed by atoms with Crippen molar-refractivity contribution in [3.8, 4) is 17.2 Å². The Morgan fingerprint density at radius 1 is 1.04 bits per heavy atom. The van der Waals surface area contributed by atoms with Crippen LogP contribution in [0.5, 0.6) is 17.2 Å². The van der Waals surface area contributed by atoms with E-state index in [1.165, 1.54) is 4.88 Å². The maximum Gasteiger partial charge on any atom is 0.222 e. The van der Waals surface area contributed by atoms with Crippen LogP contribution in [0.1, 0.15) is 16.9 Å². The molecule has 6 nitrogen and oxygen atoms in total. The highest BCUT2D eigenvalue weighted by Gasteiger charge is 2.21. The van der Waals surface area contributed by atoms with Crippen molar-refractivity contribution in [2.75, 3.05) is 47.5 Å². The first kappa shape index (κ1) is 20.5. The number of hydrogen-bond donors (Lipinski definition) is 0. The van der Waals surface area contributed by atoms with Crippen LogP contribution in [0, 0.1) is 0 Å². The topological polar surface area (TPSA) is 51.2 Å². The minimum absolute atomic E-state index is 0.199. The Balaban J connectivity index is 1.52. The number of rotatable bonds is 8. The van der Waals surface area contributed by atoms with Crippen molar-refractivity contribution in [1.82, 2.24) is 9.80 Å². The number of nitrogens with zero attached hydrogens (tertiary/aromatic N) is 2. The van der Waals surface area contributed by atoms with Crippen molar-refractivity contribution in [3.05, 3.63) is 40.1 Å². The molecule has 0 radical (unpaired) electrons. The lowest BCUT2D eigenvalue weighted by molar-refractivity contribution is -0.132. The predicted octanol–water partition coefficient (Wildman–Crippen LogP) is 3.05. The summed E-state index contributed by atoms with van der Waals surface area (Å²) in [4.78, 5) is 18.4. The van der Waals surface area contributed by atoms with Crippen LogP contribution in [-0.2, 0) is 17.8 Å². The molecule has 0 bridgehead atoms. The van der Waals surface area contributed by atoms with Gasteiger partial charge in [-0.15, -0.1) is 11.3 Å². The van der Waals surface area contributed by atoms with Gasteiger partial charge in [-0.25, -0.2) is 0 Å². The Morgan fingerprint density at radius 3 is 2.25 bits per heavy atom. The quantitative estimate of drug-likeness (QED) is 0.677. The fourth-order valence-electron chi connectivity index (χ4n) is 3.47. The van der Waals surface area contributed by atoms with Crippen molar-refractivity contribution < 1.29 is 19.0 Å². The van der Waals surface area contributed by atoms with Gasteiger partial charge >= 0.3 is 0 Å². The zero-order chi connectivity index (χ0) is 19.9. The van der Waals surface area contributed by atoms with Crippen molar-refractivity contribution in [3.63, 3.8) is 0 Å². The van der Waals surface area contributed by atoms with Crippen LogP contribution < -0.4 is 14.2 Å². The van der Waals surface area contributed by atoms with Crippen molar-refractivity contribution >= 4 is 17.2 Å². The third-order valence-corrected chi connectivity index (χ3v) is 5.90.